The first kappa shape index (κ1) is 16.9. The van der Waals surface area contributed by atoms with E-state index in [1.54, 1.807) is 0 Å². The van der Waals surface area contributed by atoms with Crippen LogP contribution < -0.4 is 5.73 Å². The Morgan fingerprint density at radius 1 is 1.12 bits per heavy atom. The maximum atomic E-state index is 10.1. The maximum Gasteiger partial charge on any atom is 0.0746 e. The monoisotopic (exact) mass is 243 g/mol. The van der Waals surface area contributed by atoms with E-state index in [4.69, 9.17) is 5.73 Å². The Hall–Kier alpha value is -0.0800. The zero-order chi connectivity index (χ0) is 13.9. The standard InChI is InChI=1S/C15H33NO/c1-8-14(5,6)12(2)9-13(3,4)10-15(7,17)11-16/h12,17H,8-11,16H2,1-7H3. The molecule has 2 unspecified atom stereocenters. The number of hydrogen-bond donors (Lipinski definition) is 2. The third kappa shape index (κ3) is 5.87. The predicted molar refractivity (Wildman–Crippen MR) is 75.9 cm³/mol. The second kappa shape index (κ2) is 5.71. The summed E-state index contributed by atoms with van der Waals surface area (Å²) in [6, 6.07) is 0. The number of hydrogen-bond acceptors (Lipinski definition) is 2. The van der Waals surface area contributed by atoms with E-state index in [1.165, 1.54) is 6.42 Å². The minimum absolute atomic E-state index is 0.134. The molecule has 104 valence electrons. The summed E-state index contributed by atoms with van der Waals surface area (Å²) in [4.78, 5) is 0. The van der Waals surface area contributed by atoms with Crippen LogP contribution in [-0.2, 0) is 0 Å². The zero-order valence-corrected chi connectivity index (χ0v) is 12.9. The first-order chi connectivity index (χ1) is 7.46. The molecule has 0 fully saturated rings. The van der Waals surface area contributed by atoms with Crippen LogP contribution in [0.5, 0.6) is 0 Å². The van der Waals surface area contributed by atoms with E-state index >= 15 is 0 Å². The van der Waals surface area contributed by atoms with Crippen molar-refractivity contribution in [3.05, 3.63) is 0 Å². The second-order valence-corrected chi connectivity index (χ2v) is 7.49. The number of nitrogens with two attached hydrogens (primary N) is 1. The van der Waals surface area contributed by atoms with Crippen LogP contribution in [0, 0.1) is 16.7 Å². The molecular formula is C15H33NO. The minimum Gasteiger partial charge on any atom is -0.389 e. The predicted octanol–water partition coefficient (Wildman–Crippen LogP) is 3.57. The Balaban J connectivity index is 4.55. The van der Waals surface area contributed by atoms with Gasteiger partial charge in [-0.05, 0) is 36.5 Å². The molecule has 17 heavy (non-hydrogen) atoms. The van der Waals surface area contributed by atoms with Crippen molar-refractivity contribution < 1.29 is 5.11 Å². The van der Waals surface area contributed by atoms with Crippen LogP contribution in [-0.4, -0.2) is 17.3 Å². The van der Waals surface area contributed by atoms with Crippen molar-refractivity contribution in [3.8, 4) is 0 Å². The molecule has 0 aromatic carbocycles. The van der Waals surface area contributed by atoms with E-state index in [0.717, 1.165) is 12.8 Å². The van der Waals surface area contributed by atoms with Crippen LogP contribution in [0.1, 0.15) is 67.7 Å². The molecule has 0 aromatic heterocycles. The van der Waals surface area contributed by atoms with Gasteiger partial charge in [-0.15, -0.1) is 0 Å². The number of aliphatic hydroxyl groups is 1. The maximum absolute atomic E-state index is 10.1. The second-order valence-electron chi connectivity index (χ2n) is 7.49. The van der Waals surface area contributed by atoms with E-state index in [-0.39, 0.29) is 5.41 Å². The van der Waals surface area contributed by atoms with Gasteiger partial charge >= 0.3 is 0 Å². The van der Waals surface area contributed by atoms with Gasteiger partial charge in [-0.1, -0.05) is 48.0 Å². The lowest BCUT2D eigenvalue weighted by Crippen LogP contribution is -2.40. The van der Waals surface area contributed by atoms with Gasteiger partial charge in [-0.3, -0.25) is 0 Å². The van der Waals surface area contributed by atoms with Gasteiger partial charge in [0.05, 0.1) is 5.60 Å². The largest absolute Gasteiger partial charge is 0.389 e. The summed E-state index contributed by atoms with van der Waals surface area (Å²) in [6.07, 6.45) is 3.09. The van der Waals surface area contributed by atoms with Crippen molar-refractivity contribution in [1.29, 1.82) is 0 Å². The van der Waals surface area contributed by atoms with Crippen LogP contribution in [0.3, 0.4) is 0 Å². The summed E-state index contributed by atoms with van der Waals surface area (Å²) < 4.78 is 0. The van der Waals surface area contributed by atoms with E-state index < -0.39 is 5.60 Å². The molecule has 0 rings (SSSR count). The van der Waals surface area contributed by atoms with Crippen LogP contribution in [0.15, 0.2) is 0 Å². The molecule has 2 atom stereocenters. The van der Waals surface area contributed by atoms with Crippen LogP contribution in [0.2, 0.25) is 0 Å². The number of rotatable bonds is 7. The zero-order valence-electron chi connectivity index (χ0n) is 12.9. The quantitative estimate of drug-likeness (QED) is 0.718. The molecule has 0 aliphatic carbocycles. The Kier molecular flexibility index (Phi) is 5.68. The molecule has 0 radical (unpaired) electrons. The third-order valence-electron chi connectivity index (χ3n) is 4.40. The molecule has 0 heterocycles. The average molecular weight is 243 g/mol. The van der Waals surface area contributed by atoms with Crippen molar-refractivity contribution >= 4 is 0 Å². The van der Waals surface area contributed by atoms with Gasteiger partial charge in [0.2, 0.25) is 0 Å². The molecule has 0 aliphatic heterocycles. The molecule has 0 saturated heterocycles. The molecule has 0 aliphatic rings. The smallest absolute Gasteiger partial charge is 0.0746 e. The molecule has 0 amide bonds. The van der Waals surface area contributed by atoms with Crippen molar-refractivity contribution in [1.82, 2.24) is 0 Å². The summed E-state index contributed by atoms with van der Waals surface area (Å²) >= 11 is 0. The summed E-state index contributed by atoms with van der Waals surface area (Å²) in [6.45, 7) is 15.9. The summed E-state index contributed by atoms with van der Waals surface area (Å²) in [5, 5.41) is 10.1. The first-order valence-corrected chi connectivity index (χ1v) is 6.88. The Bertz CT molecular complexity index is 231. The summed E-state index contributed by atoms with van der Waals surface area (Å²) in [5.74, 6) is 0.649. The van der Waals surface area contributed by atoms with E-state index in [0.29, 0.717) is 17.9 Å². The molecule has 0 bridgehead atoms. The molecule has 2 nitrogen and oxygen atoms in total. The van der Waals surface area contributed by atoms with Gasteiger partial charge in [0.25, 0.3) is 0 Å². The Morgan fingerprint density at radius 3 is 1.94 bits per heavy atom. The van der Waals surface area contributed by atoms with Gasteiger partial charge in [0.15, 0.2) is 0 Å². The van der Waals surface area contributed by atoms with Gasteiger partial charge in [-0.2, -0.15) is 0 Å². The molecule has 0 saturated carbocycles. The van der Waals surface area contributed by atoms with Gasteiger partial charge < -0.3 is 10.8 Å². The van der Waals surface area contributed by atoms with Crippen LogP contribution in [0.25, 0.3) is 0 Å². The van der Waals surface area contributed by atoms with E-state index in [1.807, 2.05) is 6.92 Å². The van der Waals surface area contributed by atoms with Gasteiger partial charge in [-0.25, -0.2) is 0 Å². The topological polar surface area (TPSA) is 46.2 Å². The fourth-order valence-corrected chi connectivity index (χ4v) is 2.63. The van der Waals surface area contributed by atoms with Crippen LogP contribution in [0.4, 0.5) is 0 Å². The van der Waals surface area contributed by atoms with Crippen molar-refractivity contribution in [3.63, 3.8) is 0 Å². The molecule has 0 spiro atoms. The highest BCUT2D eigenvalue weighted by Gasteiger charge is 2.34. The molecular weight excluding hydrogens is 210 g/mol. The Morgan fingerprint density at radius 2 is 1.59 bits per heavy atom. The van der Waals surface area contributed by atoms with Crippen molar-refractivity contribution in [2.24, 2.45) is 22.5 Å². The van der Waals surface area contributed by atoms with E-state index in [2.05, 4.69) is 41.5 Å². The highest BCUT2D eigenvalue weighted by atomic mass is 16.3. The summed E-state index contributed by atoms with van der Waals surface area (Å²) in [7, 11) is 0. The lowest BCUT2D eigenvalue weighted by atomic mass is 9.67. The fourth-order valence-electron chi connectivity index (χ4n) is 2.63. The molecule has 0 aromatic rings. The van der Waals surface area contributed by atoms with E-state index in [9.17, 15) is 5.11 Å². The lowest BCUT2D eigenvalue weighted by Gasteiger charge is -2.39. The van der Waals surface area contributed by atoms with Gasteiger partial charge in [0, 0.05) is 6.54 Å². The fraction of sp³-hybridized carbons (Fsp3) is 1.00. The first-order valence-electron chi connectivity index (χ1n) is 6.88. The summed E-state index contributed by atoms with van der Waals surface area (Å²) in [5.41, 5.74) is 5.37. The van der Waals surface area contributed by atoms with Crippen LogP contribution >= 0.6 is 0 Å². The Labute approximate surface area is 108 Å². The van der Waals surface area contributed by atoms with Crippen molar-refractivity contribution in [2.45, 2.75) is 73.3 Å². The molecule has 2 heteroatoms. The molecule has 3 N–H and O–H groups in total. The average Bonchev–Trinajstić information content (AvgIpc) is 2.15. The van der Waals surface area contributed by atoms with Crippen molar-refractivity contribution in [2.75, 3.05) is 6.54 Å². The normalized spacial score (nSPS) is 18.9. The lowest BCUT2D eigenvalue weighted by molar-refractivity contribution is 0.00879. The van der Waals surface area contributed by atoms with Gasteiger partial charge in [0.1, 0.15) is 0 Å². The highest BCUT2D eigenvalue weighted by molar-refractivity contribution is 4.86. The third-order valence-corrected chi connectivity index (χ3v) is 4.40. The SMILES string of the molecule is CCC(C)(C)C(C)CC(C)(C)CC(C)(O)CN. The minimum atomic E-state index is -0.737. The highest BCUT2D eigenvalue weighted by Crippen LogP contribution is 2.41.